The highest BCUT2D eigenvalue weighted by Gasteiger charge is 2.30. The summed E-state index contributed by atoms with van der Waals surface area (Å²) in [6.45, 7) is 3.11. The molecule has 21 heavy (non-hydrogen) atoms. The molecule has 1 aromatic carbocycles. The minimum atomic E-state index is 0.175. The zero-order chi connectivity index (χ0) is 14.8. The van der Waals surface area contributed by atoms with Crippen molar-refractivity contribution in [1.29, 1.82) is 0 Å². The molecule has 4 heteroatoms. The summed E-state index contributed by atoms with van der Waals surface area (Å²) < 4.78 is 1.18. The van der Waals surface area contributed by atoms with Gasteiger partial charge in [0.05, 0.1) is 4.88 Å². The predicted molar refractivity (Wildman–Crippen MR) is 86.9 cm³/mol. The number of benzene rings is 1. The number of fused-ring (bicyclic) bond motifs is 1. The number of hydrogen-bond acceptors (Lipinski definition) is 3. The van der Waals surface area contributed by atoms with E-state index in [1.807, 2.05) is 24.0 Å². The number of carbonyl (C=O) groups excluding carboxylic acids is 1. The lowest BCUT2D eigenvalue weighted by molar-refractivity contribution is 0.0729. The third-order valence-corrected chi connectivity index (χ3v) is 5.63. The van der Waals surface area contributed by atoms with Crippen LogP contribution in [0.5, 0.6) is 0 Å². The van der Waals surface area contributed by atoms with Gasteiger partial charge in [-0.1, -0.05) is 18.2 Å². The number of amides is 1. The molecular formula is C17H21NO2S. The van der Waals surface area contributed by atoms with Gasteiger partial charge in [0.2, 0.25) is 0 Å². The highest BCUT2D eigenvalue weighted by molar-refractivity contribution is 7.21. The number of aryl methyl sites for hydroxylation is 1. The van der Waals surface area contributed by atoms with Crippen LogP contribution in [0, 0.1) is 6.92 Å². The number of rotatable bonds is 4. The molecule has 1 unspecified atom stereocenters. The van der Waals surface area contributed by atoms with Gasteiger partial charge in [0.1, 0.15) is 0 Å². The minimum absolute atomic E-state index is 0.175. The monoisotopic (exact) mass is 303 g/mol. The van der Waals surface area contributed by atoms with Gasteiger partial charge in [0, 0.05) is 23.9 Å². The Morgan fingerprint density at radius 3 is 3.00 bits per heavy atom. The summed E-state index contributed by atoms with van der Waals surface area (Å²) in [7, 11) is 0. The molecule has 2 aromatic rings. The maximum absolute atomic E-state index is 12.9. The fourth-order valence-electron chi connectivity index (χ4n) is 3.24. The second-order valence-electron chi connectivity index (χ2n) is 5.71. The van der Waals surface area contributed by atoms with Gasteiger partial charge in [0.25, 0.3) is 5.91 Å². The first-order chi connectivity index (χ1) is 10.2. The highest BCUT2D eigenvalue weighted by atomic mass is 32.1. The van der Waals surface area contributed by atoms with E-state index in [9.17, 15) is 4.79 Å². The third-order valence-electron chi connectivity index (χ3n) is 4.37. The van der Waals surface area contributed by atoms with Crippen LogP contribution >= 0.6 is 11.3 Å². The Bertz CT molecular complexity index is 649. The number of likely N-dealkylation sites (tertiary alicyclic amines) is 1. The molecule has 1 atom stereocenters. The fourth-order valence-corrected chi connectivity index (χ4v) is 4.40. The molecule has 3 rings (SSSR count). The lowest BCUT2D eigenvalue weighted by Gasteiger charge is -2.24. The van der Waals surface area contributed by atoms with Crippen molar-refractivity contribution in [1.82, 2.24) is 4.90 Å². The number of nitrogens with zero attached hydrogens (tertiary/aromatic N) is 1. The van der Waals surface area contributed by atoms with Crippen LogP contribution in [0.3, 0.4) is 0 Å². The van der Waals surface area contributed by atoms with Crippen molar-refractivity contribution in [3.63, 3.8) is 0 Å². The zero-order valence-corrected chi connectivity index (χ0v) is 13.2. The van der Waals surface area contributed by atoms with Crippen LogP contribution in [0.25, 0.3) is 10.1 Å². The molecule has 1 aromatic heterocycles. The van der Waals surface area contributed by atoms with Crippen LogP contribution in [-0.4, -0.2) is 35.1 Å². The maximum atomic E-state index is 12.9. The summed E-state index contributed by atoms with van der Waals surface area (Å²) in [5.41, 5.74) is 1.11. The fraction of sp³-hybridized carbons (Fsp3) is 0.471. The Labute approximate surface area is 129 Å². The van der Waals surface area contributed by atoms with E-state index < -0.39 is 0 Å². The molecule has 112 valence electrons. The Hall–Kier alpha value is -1.39. The summed E-state index contributed by atoms with van der Waals surface area (Å²) in [6, 6.07) is 8.51. The molecule has 2 heterocycles. The van der Waals surface area contributed by atoms with Crippen LogP contribution in [0.1, 0.15) is 40.9 Å². The van der Waals surface area contributed by atoms with E-state index >= 15 is 0 Å². The number of carbonyl (C=O) groups is 1. The largest absolute Gasteiger partial charge is 0.396 e. The van der Waals surface area contributed by atoms with Crippen molar-refractivity contribution in [3.05, 3.63) is 34.7 Å². The quantitative estimate of drug-likeness (QED) is 0.937. The lowest BCUT2D eigenvalue weighted by atomic mass is 10.1. The first-order valence-corrected chi connectivity index (χ1v) is 8.44. The molecule has 3 nitrogen and oxygen atoms in total. The number of hydrogen-bond donors (Lipinski definition) is 1. The van der Waals surface area contributed by atoms with Crippen molar-refractivity contribution >= 4 is 27.3 Å². The van der Waals surface area contributed by atoms with Crippen LogP contribution in [0.2, 0.25) is 0 Å². The van der Waals surface area contributed by atoms with E-state index in [0.717, 1.165) is 42.7 Å². The molecule has 1 aliphatic rings. The lowest BCUT2D eigenvalue weighted by Crippen LogP contribution is -2.35. The number of aliphatic hydroxyl groups excluding tert-OH is 1. The first kappa shape index (κ1) is 14.5. The zero-order valence-electron chi connectivity index (χ0n) is 12.3. The first-order valence-electron chi connectivity index (χ1n) is 7.62. The molecule has 1 aliphatic heterocycles. The molecule has 1 saturated heterocycles. The van der Waals surface area contributed by atoms with Crippen molar-refractivity contribution in [2.24, 2.45) is 0 Å². The smallest absolute Gasteiger partial charge is 0.264 e. The second kappa shape index (κ2) is 6.16. The van der Waals surface area contributed by atoms with Gasteiger partial charge < -0.3 is 10.0 Å². The Kier molecular flexibility index (Phi) is 4.27. The van der Waals surface area contributed by atoms with Gasteiger partial charge in [-0.05, 0) is 49.6 Å². The number of aliphatic hydroxyl groups is 1. The van der Waals surface area contributed by atoms with Crippen molar-refractivity contribution in [3.8, 4) is 0 Å². The van der Waals surface area contributed by atoms with E-state index in [0.29, 0.717) is 6.04 Å². The van der Waals surface area contributed by atoms with Crippen molar-refractivity contribution < 1.29 is 9.90 Å². The van der Waals surface area contributed by atoms with Crippen LogP contribution in [-0.2, 0) is 0 Å². The second-order valence-corrected chi connectivity index (χ2v) is 6.76. The van der Waals surface area contributed by atoms with Gasteiger partial charge in [-0.3, -0.25) is 4.79 Å². The number of thiophene rings is 1. The summed E-state index contributed by atoms with van der Waals surface area (Å²) in [6.07, 6.45) is 3.83. The van der Waals surface area contributed by atoms with Crippen LogP contribution < -0.4 is 0 Å². The van der Waals surface area contributed by atoms with Crippen LogP contribution in [0.4, 0.5) is 0 Å². The average Bonchev–Trinajstić information content (AvgIpc) is 3.10. The molecule has 0 radical (unpaired) electrons. The van der Waals surface area contributed by atoms with E-state index in [4.69, 9.17) is 5.11 Å². The van der Waals surface area contributed by atoms with Gasteiger partial charge >= 0.3 is 0 Å². The summed E-state index contributed by atoms with van der Waals surface area (Å²) in [4.78, 5) is 15.8. The van der Waals surface area contributed by atoms with Gasteiger partial charge in [-0.25, -0.2) is 0 Å². The van der Waals surface area contributed by atoms with E-state index in [1.54, 1.807) is 11.3 Å². The topological polar surface area (TPSA) is 40.5 Å². The van der Waals surface area contributed by atoms with Crippen molar-refractivity contribution in [2.75, 3.05) is 13.2 Å². The third kappa shape index (κ3) is 2.70. The molecular weight excluding hydrogens is 282 g/mol. The summed E-state index contributed by atoms with van der Waals surface area (Å²) in [5, 5.41) is 10.2. The van der Waals surface area contributed by atoms with E-state index in [-0.39, 0.29) is 12.5 Å². The molecule has 0 aliphatic carbocycles. The van der Waals surface area contributed by atoms with Crippen LogP contribution in [0.15, 0.2) is 24.3 Å². The van der Waals surface area contributed by atoms with Gasteiger partial charge in [-0.15, -0.1) is 11.3 Å². The normalized spacial score (nSPS) is 18.6. The summed E-state index contributed by atoms with van der Waals surface area (Å²) in [5.74, 6) is 0.175. The molecule has 0 spiro atoms. The molecule has 1 N–H and O–H groups in total. The standard InChI is InChI=1S/C17H21NO2S/c1-12-14-8-2-3-9-15(14)21-16(12)17(20)18-10-4-6-13(18)7-5-11-19/h2-3,8-9,13,19H,4-7,10-11H2,1H3. The Morgan fingerprint density at radius 1 is 1.43 bits per heavy atom. The average molecular weight is 303 g/mol. The minimum Gasteiger partial charge on any atom is -0.396 e. The summed E-state index contributed by atoms with van der Waals surface area (Å²) >= 11 is 1.60. The Balaban J connectivity index is 1.87. The molecule has 1 amide bonds. The SMILES string of the molecule is Cc1c(C(=O)N2CCCC2CCCO)sc2ccccc12. The van der Waals surface area contributed by atoms with Crippen molar-refractivity contribution in [2.45, 2.75) is 38.6 Å². The molecule has 0 bridgehead atoms. The van der Waals surface area contributed by atoms with Gasteiger partial charge in [-0.2, -0.15) is 0 Å². The highest BCUT2D eigenvalue weighted by Crippen LogP contribution is 2.33. The maximum Gasteiger partial charge on any atom is 0.264 e. The Morgan fingerprint density at radius 2 is 2.24 bits per heavy atom. The molecule has 1 fully saturated rings. The predicted octanol–water partition coefficient (Wildman–Crippen LogP) is 3.59. The van der Waals surface area contributed by atoms with Gasteiger partial charge in [0.15, 0.2) is 0 Å². The van der Waals surface area contributed by atoms with E-state index in [2.05, 4.69) is 12.1 Å². The van der Waals surface area contributed by atoms with E-state index in [1.165, 1.54) is 10.1 Å². The molecule has 0 saturated carbocycles.